The molecule has 0 aliphatic heterocycles. The Morgan fingerprint density at radius 2 is 1.90 bits per heavy atom. The van der Waals surface area contributed by atoms with Gasteiger partial charge in [-0.3, -0.25) is 10.1 Å². The Labute approximate surface area is 120 Å². The molecule has 1 amide bonds. The van der Waals surface area contributed by atoms with Gasteiger partial charge in [0.25, 0.3) is 5.91 Å². The van der Waals surface area contributed by atoms with Gasteiger partial charge >= 0.3 is 0 Å². The summed E-state index contributed by atoms with van der Waals surface area (Å²) in [5.41, 5.74) is 7.96. The fourth-order valence-corrected chi connectivity index (χ4v) is 2.87. The average Bonchev–Trinajstić information content (AvgIpc) is 2.89. The van der Waals surface area contributed by atoms with E-state index in [1.165, 1.54) is 11.3 Å². The van der Waals surface area contributed by atoms with Crippen LogP contribution in [0.15, 0.2) is 48.5 Å². The first-order chi connectivity index (χ1) is 9.78. The average molecular weight is 283 g/mol. The molecule has 3 rings (SSSR count). The van der Waals surface area contributed by atoms with Gasteiger partial charge in [0.05, 0.1) is 10.2 Å². The highest BCUT2D eigenvalue weighted by molar-refractivity contribution is 7.22. The Morgan fingerprint density at radius 1 is 1.15 bits per heavy atom. The lowest BCUT2D eigenvalue weighted by molar-refractivity contribution is 0.102. The number of hydrogen-bond acceptors (Lipinski definition) is 4. The van der Waals surface area contributed by atoms with Gasteiger partial charge in [-0.15, -0.1) is 0 Å². The SMILES string of the molecule is NCc1ccccc1C(=O)Nc1nc2ccccc2s1. The van der Waals surface area contributed by atoms with Crippen LogP contribution in [0.5, 0.6) is 0 Å². The highest BCUT2D eigenvalue weighted by Gasteiger charge is 2.12. The van der Waals surface area contributed by atoms with Crippen LogP contribution < -0.4 is 11.1 Å². The van der Waals surface area contributed by atoms with Crippen LogP contribution in [0.2, 0.25) is 0 Å². The molecule has 1 heterocycles. The molecule has 3 N–H and O–H groups in total. The van der Waals surface area contributed by atoms with Crippen molar-refractivity contribution in [3.63, 3.8) is 0 Å². The smallest absolute Gasteiger partial charge is 0.257 e. The molecule has 0 aliphatic rings. The molecule has 100 valence electrons. The van der Waals surface area contributed by atoms with Gasteiger partial charge in [-0.05, 0) is 23.8 Å². The summed E-state index contributed by atoms with van der Waals surface area (Å²) in [6.07, 6.45) is 0. The predicted octanol–water partition coefficient (Wildman–Crippen LogP) is 3.01. The van der Waals surface area contributed by atoms with Crippen molar-refractivity contribution < 1.29 is 4.79 Å². The second kappa shape index (κ2) is 5.40. The lowest BCUT2D eigenvalue weighted by atomic mass is 10.1. The molecule has 0 atom stereocenters. The fraction of sp³-hybridized carbons (Fsp3) is 0.0667. The number of benzene rings is 2. The van der Waals surface area contributed by atoms with Crippen molar-refractivity contribution in [1.29, 1.82) is 0 Å². The number of nitrogens with one attached hydrogen (secondary N) is 1. The Bertz CT molecular complexity index is 733. The predicted molar refractivity (Wildman–Crippen MR) is 81.9 cm³/mol. The van der Waals surface area contributed by atoms with E-state index >= 15 is 0 Å². The quantitative estimate of drug-likeness (QED) is 0.776. The minimum Gasteiger partial charge on any atom is -0.326 e. The van der Waals surface area contributed by atoms with Crippen molar-refractivity contribution in [2.45, 2.75) is 6.54 Å². The van der Waals surface area contributed by atoms with Crippen molar-refractivity contribution in [2.75, 3.05) is 5.32 Å². The van der Waals surface area contributed by atoms with Crippen LogP contribution >= 0.6 is 11.3 Å². The molecule has 2 aromatic carbocycles. The van der Waals surface area contributed by atoms with Crippen molar-refractivity contribution in [3.8, 4) is 0 Å². The first-order valence-electron chi connectivity index (χ1n) is 6.23. The van der Waals surface area contributed by atoms with Gasteiger partial charge in [-0.2, -0.15) is 0 Å². The van der Waals surface area contributed by atoms with Crippen LogP contribution in [-0.2, 0) is 6.54 Å². The maximum atomic E-state index is 12.3. The zero-order valence-electron chi connectivity index (χ0n) is 10.7. The number of anilines is 1. The topological polar surface area (TPSA) is 68.0 Å². The minimum absolute atomic E-state index is 0.176. The number of carbonyl (C=O) groups is 1. The highest BCUT2D eigenvalue weighted by Crippen LogP contribution is 2.25. The molecule has 0 spiro atoms. The number of carbonyl (C=O) groups excluding carboxylic acids is 1. The first-order valence-corrected chi connectivity index (χ1v) is 7.04. The summed E-state index contributed by atoms with van der Waals surface area (Å²) < 4.78 is 1.05. The lowest BCUT2D eigenvalue weighted by Gasteiger charge is -2.06. The van der Waals surface area contributed by atoms with Gasteiger partial charge < -0.3 is 5.73 Å². The summed E-state index contributed by atoms with van der Waals surface area (Å²) in [5.74, 6) is -0.176. The monoisotopic (exact) mass is 283 g/mol. The second-order valence-corrected chi connectivity index (χ2v) is 5.33. The highest BCUT2D eigenvalue weighted by atomic mass is 32.1. The standard InChI is InChI=1S/C15H13N3OS/c16-9-10-5-1-2-6-11(10)14(19)18-15-17-12-7-3-4-8-13(12)20-15/h1-8H,9,16H2,(H,17,18,19). The number of amides is 1. The van der Waals surface area contributed by atoms with E-state index in [-0.39, 0.29) is 5.91 Å². The number of fused-ring (bicyclic) bond motifs is 1. The van der Waals surface area contributed by atoms with Gasteiger partial charge in [0.2, 0.25) is 0 Å². The van der Waals surface area contributed by atoms with Crippen LogP contribution in [0.4, 0.5) is 5.13 Å². The molecule has 3 aromatic rings. The van der Waals surface area contributed by atoms with E-state index in [1.54, 1.807) is 6.07 Å². The first kappa shape index (κ1) is 12.8. The summed E-state index contributed by atoms with van der Waals surface area (Å²) in [6.45, 7) is 0.337. The molecular weight excluding hydrogens is 270 g/mol. The number of aromatic nitrogens is 1. The van der Waals surface area contributed by atoms with E-state index < -0.39 is 0 Å². The number of rotatable bonds is 3. The summed E-state index contributed by atoms with van der Waals surface area (Å²) in [5, 5.41) is 3.44. The molecular formula is C15H13N3OS. The van der Waals surface area contributed by atoms with E-state index in [0.29, 0.717) is 17.2 Å². The molecule has 0 saturated heterocycles. The summed E-state index contributed by atoms with van der Waals surface area (Å²) in [7, 11) is 0. The van der Waals surface area contributed by atoms with E-state index in [4.69, 9.17) is 5.73 Å². The van der Waals surface area contributed by atoms with E-state index in [0.717, 1.165) is 15.8 Å². The maximum Gasteiger partial charge on any atom is 0.257 e. The van der Waals surface area contributed by atoms with Crippen molar-refractivity contribution in [2.24, 2.45) is 5.73 Å². The molecule has 0 saturated carbocycles. The van der Waals surface area contributed by atoms with Crippen molar-refractivity contribution >= 4 is 32.6 Å². The molecule has 0 radical (unpaired) electrons. The zero-order chi connectivity index (χ0) is 13.9. The third-order valence-electron chi connectivity index (χ3n) is 3.00. The Balaban J connectivity index is 1.88. The van der Waals surface area contributed by atoms with Gasteiger partial charge in [0.1, 0.15) is 0 Å². The van der Waals surface area contributed by atoms with Crippen LogP contribution in [-0.4, -0.2) is 10.9 Å². The largest absolute Gasteiger partial charge is 0.326 e. The third-order valence-corrected chi connectivity index (χ3v) is 3.95. The van der Waals surface area contributed by atoms with Crippen molar-refractivity contribution in [1.82, 2.24) is 4.98 Å². The second-order valence-electron chi connectivity index (χ2n) is 4.30. The fourth-order valence-electron chi connectivity index (χ4n) is 2.01. The molecule has 20 heavy (non-hydrogen) atoms. The van der Waals surface area contributed by atoms with Gasteiger partial charge in [0, 0.05) is 12.1 Å². The van der Waals surface area contributed by atoms with Gasteiger partial charge in [-0.25, -0.2) is 4.98 Å². The van der Waals surface area contributed by atoms with Crippen LogP contribution in [0.1, 0.15) is 15.9 Å². The van der Waals surface area contributed by atoms with Crippen LogP contribution in [0, 0.1) is 0 Å². The van der Waals surface area contributed by atoms with Crippen LogP contribution in [0.3, 0.4) is 0 Å². The summed E-state index contributed by atoms with van der Waals surface area (Å²) in [6, 6.07) is 15.1. The van der Waals surface area contributed by atoms with E-state index in [2.05, 4.69) is 10.3 Å². The number of hydrogen-bond donors (Lipinski definition) is 2. The minimum atomic E-state index is -0.176. The van der Waals surface area contributed by atoms with Crippen LogP contribution in [0.25, 0.3) is 10.2 Å². The number of nitrogens with zero attached hydrogens (tertiary/aromatic N) is 1. The van der Waals surface area contributed by atoms with Gasteiger partial charge in [0.15, 0.2) is 5.13 Å². The maximum absolute atomic E-state index is 12.3. The summed E-state index contributed by atoms with van der Waals surface area (Å²) >= 11 is 1.46. The number of nitrogens with two attached hydrogens (primary N) is 1. The molecule has 4 nitrogen and oxygen atoms in total. The van der Waals surface area contributed by atoms with E-state index in [9.17, 15) is 4.79 Å². The Hall–Kier alpha value is -2.24. The zero-order valence-corrected chi connectivity index (χ0v) is 11.5. The molecule has 5 heteroatoms. The summed E-state index contributed by atoms with van der Waals surface area (Å²) in [4.78, 5) is 16.7. The lowest BCUT2D eigenvalue weighted by Crippen LogP contribution is -2.15. The molecule has 1 aromatic heterocycles. The normalized spacial score (nSPS) is 10.7. The van der Waals surface area contributed by atoms with E-state index in [1.807, 2.05) is 42.5 Å². The molecule has 0 fully saturated rings. The molecule has 0 bridgehead atoms. The van der Waals surface area contributed by atoms with Gasteiger partial charge in [-0.1, -0.05) is 41.7 Å². The molecule has 0 aliphatic carbocycles. The Kier molecular flexibility index (Phi) is 3.45. The third kappa shape index (κ3) is 2.41. The van der Waals surface area contributed by atoms with Crippen molar-refractivity contribution in [3.05, 3.63) is 59.7 Å². The molecule has 0 unspecified atom stereocenters. The number of thiazole rings is 1. The number of para-hydroxylation sites is 1. The Morgan fingerprint density at radius 3 is 2.70 bits per heavy atom.